The van der Waals surface area contributed by atoms with Crippen molar-refractivity contribution in [2.75, 3.05) is 25.0 Å². The van der Waals surface area contributed by atoms with Crippen LogP contribution >= 0.6 is 0 Å². The molecule has 35 heavy (non-hydrogen) atoms. The van der Waals surface area contributed by atoms with Crippen molar-refractivity contribution in [3.8, 4) is 0 Å². The smallest absolute Gasteiger partial charge is 0.326 e. The van der Waals surface area contributed by atoms with Gasteiger partial charge in [-0.1, -0.05) is 26.0 Å². The van der Waals surface area contributed by atoms with Gasteiger partial charge in [0.05, 0.1) is 5.69 Å². The highest BCUT2D eigenvalue weighted by molar-refractivity contribution is 7.89. The summed E-state index contributed by atoms with van der Waals surface area (Å²) in [5.74, 6) is -1.22. The maximum absolute atomic E-state index is 13.5. The molecule has 11 nitrogen and oxygen atoms in total. The number of aliphatic imine (C=N–C) groups is 1. The molecular formula is C23H36N6O5S. The number of benzene rings is 1. The standard InChI is InChI=1S/C23H36N6O5S/c1-14-8-10-29(18(12-14)22(31)32)21(30)17(6-4-9-26-23(24)25)28-35(33,34)19-7-3-5-16-11-15(2)13-27-20(16)19/h3,5,7,14-15,17-18,27-28H,4,6,8-13H2,1-2H3,(H,31,32)(H4,24,25,26)/t14-,15?,17+,18-/m0/s1. The fourth-order valence-electron chi connectivity index (χ4n) is 4.72. The van der Waals surface area contributed by atoms with Crippen LogP contribution in [-0.4, -0.2) is 68.0 Å². The number of piperidine rings is 1. The fraction of sp³-hybridized carbons (Fsp3) is 0.609. The summed E-state index contributed by atoms with van der Waals surface area (Å²) >= 11 is 0. The van der Waals surface area contributed by atoms with E-state index in [1.165, 1.54) is 11.0 Å². The Morgan fingerprint density at radius 1 is 1.29 bits per heavy atom. The van der Waals surface area contributed by atoms with Gasteiger partial charge in [0.25, 0.3) is 0 Å². The molecule has 3 rings (SSSR count). The van der Waals surface area contributed by atoms with Gasteiger partial charge in [-0.2, -0.15) is 4.72 Å². The Labute approximate surface area is 206 Å². The second kappa shape index (κ2) is 11.3. The van der Waals surface area contributed by atoms with Crippen LogP contribution in [0.3, 0.4) is 0 Å². The molecule has 2 aliphatic heterocycles. The van der Waals surface area contributed by atoms with E-state index in [0.29, 0.717) is 37.4 Å². The first kappa shape index (κ1) is 26.7. The van der Waals surface area contributed by atoms with Crippen LogP contribution in [0, 0.1) is 11.8 Å². The zero-order chi connectivity index (χ0) is 25.8. The molecule has 1 amide bonds. The van der Waals surface area contributed by atoms with E-state index in [1.807, 2.05) is 13.0 Å². The van der Waals surface area contributed by atoms with Crippen molar-refractivity contribution in [2.24, 2.45) is 28.3 Å². The van der Waals surface area contributed by atoms with Gasteiger partial charge in [-0.05, 0) is 55.6 Å². The number of para-hydroxylation sites is 1. The Morgan fingerprint density at radius 3 is 2.71 bits per heavy atom. The maximum Gasteiger partial charge on any atom is 0.326 e. The van der Waals surface area contributed by atoms with Crippen LogP contribution < -0.4 is 21.5 Å². The van der Waals surface area contributed by atoms with Gasteiger partial charge >= 0.3 is 5.97 Å². The number of hydrogen-bond donors (Lipinski definition) is 5. The lowest BCUT2D eigenvalue weighted by Crippen LogP contribution is -2.56. The minimum Gasteiger partial charge on any atom is -0.480 e. The first-order valence-corrected chi connectivity index (χ1v) is 13.4. The van der Waals surface area contributed by atoms with Crippen LogP contribution in [0.25, 0.3) is 0 Å². The minimum absolute atomic E-state index is 0.0750. The molecule has 0 radical (unpaired) electrons. The topological polar surface area (TPSA) is 180 Å². The summed E-state index contributed by atoms with van der Waals surface area (Å²) < 4.78 is 29.5. The van der Waals surface area contributed by atoms with Gasteiger partial charge in [-0.3, -0.25) is 9.79 Å². The minimum atomic E-state index is -4.10. The van der Waals surface area contributed by atoms with Crippen LogP contribution in [0.15, 0.2) is 28.1 Å². The zero-order valence-electron chi connectivity index (χ0n) is 20.2. The number of carbonyl (C=O) groups is 2. The van der Waals surface area contributed by atoms with E-state index in [1.54, 1.807) is 6.07 Å². The molecule has 0 aliphatic carbocycles. The maximum atomic E-state index is 13.5. The molecule has 2 heterocycles. The summed E-state index contributed by atoms with van der Waals surface area (Å²) in [5, 5.41) is 12.9. The summed E-state index contributed by atoms with van der Waals surface area (Å²) in [6, 6.07) is 2.94. The van der Waals surface area contributed by atoms with E-state index in [-0.39, 0.29) is 36.3 Å². The highest BCUT2D eigenvalue weighted by Gasteiger charge is 2.39. The number of nitrogens with zero attached hydrogens (tertiary/aromatic N) is 2. The number of nitrogens with one attached hydrogen (secondary N) is 2. The van der Waals surface area contributed by atoms with Crippen LogP contribution in [0.4, 0.5) is 5.69 Å². The fourth-order valence-corrected chi connectivity index (χ4v) is 6.17. The molecule has 194 valence electrons. The second-order valence-electron chi connectivity index (χ2n) is 9.62. The summed E-state index contributed by atoms with van der Waals surface area (Å²) in [6.45, 7) is 5.14. The van der Waals surface area contributed by atoms with Crippen molar-refractivity contribution >= 4 is 33.5 Å². The Bertz CT molecular complexity index is 1070. The van der Waals surface area contributed by atoms with E-state index in [4.69, 9.17) is 11.5 Å². The third-order valence-electron chi connectivity index (χ3n) is 6.57. The summed E-state index contributed by atoms with van der Waals surface area (Å²) in [7, 11) is -4.10. The quantitative estimate of drug-likeness (QED) is 0.184. The molecule has 1 aromatic rings. The van der Waals surface area contributed by atoms with Gasteiger partial charge in [0, 0.05) is 19.6 Å². The largest absolute Gasteiger partial charge is 0.480 e. The number of aliphatic carboxylic acids is 1. The van der Waals surface area contributed by atoms with Crippen LogP contribution in [-0.2, 0) is 26.0 Å². The predicted octanol–water partition coefficient (Wildman–Crippen LogP) is 0.703. The van der Waals surface area contributed by atoms with Gasteiger partial charge in [0.1, 0.15) is 17.0 Å². The Balaban J connectivity index is 1.88. The lowest BCUT2D eigenvalue weighted by molar-refractivity contribution is -0.153. The highest BCUT2D eigenvalue weighted by atomic mass is 32.2. The average Bonchev–Trinajstić information content (AvgIpc) is 2.79. The van der Waals surface area contributed by atoms with E-state index in [0.717, 1.165) is 12.0 Å². The van der Waals surface area contributed by atoms with E-state index in [2.05, 4.69) is 22.0 Å². The first-order chi connectivity index (χ1) is 16.5. The average molecular weight is 509 g/mol. The number of sulfonamides is 1. The van der Waals surface area contributed by atoms with Gasteiger partial charge < -0.3 is 26.8 Å². The third kappa shape index (κ3) is 6.63. The second-order valence-corrected chi connectivity index (χ2v) is 11.3. The van der Waals surface area contributed by atoms with Crippen molar-refractivity contribution in [3.05, 3.63) is 23.8 Å². The van der Waals surface area contributed by atoms with E-state index < -0.39 is 34.0 Å². The number of nitrogens with two attached hydrogens (primary N) is 2. The molecule has 1 unspecified atom stereocenters. The van der Waals surface area contributed by atoms with Crippen molar-refractivity contribution in [2.45, 2.75) is 62.9 Å². The molecule has 1 saturated heterocycles. The van der Waals surface area contributed by atoms with Crippen molar-refractivity contribution in [3.63, 3.8) is 0 Å². The SMILES string of the molecule is CC1CNc2c(cccc2S(=O)(=O)N[C@H](CCCN=C(N)N)C(=O)N2CC[C@H](C)C[C@H]2C(=O)O)C1. The molecule has 1 aromatic carbocycles. The molecule has 0 aromatic heterocycles. The number of fused-ring (bicyclic) bond motifs is 1. The number of anilines is 1. The molecule has 2 aliphatic rings. The molecule has 12 heteroatoms. The Morgan fingerprint density at radius 2 is 2.03 bits per heavy atom. The van der Waals surface area contributed by atoms with Crippen molar-refractivity contribution in [1.82, 2.24) is 9.62 Å². The number of carboxylic acids is 1. The zero-order valence-corrected chi connectivity index (χ0v) is 21.1. The molecule has 1 fully saturated rings. The number of carbonyl (C=O) groups excluding carboxylic acids is 1. The van der Waals surface area contributed by atoms with Crippen molar-refractivity contribution in [1.29, 1.82) is 0 Å². The summed E-state index contributed by atoms with van der Waals surface area (Å²) in [5.41, 5.74) is 12.2. The summed E-state index contributed by atoms with van der Waals surface area (Å²) in [6.07, 6.45) is 2.17. The lowest BCUT2D eigenvalue weighted by atomic mass is 9.91. The number of amides is 1. The number of guanidine groups is 1. The Kier molecular flexibility index (Phi) is 8.60. The third-order valence-corrected chi connectivity index (χ3v) is 8.09. The van der Waals surface area contributed by atoms with E-state index in [9.17, 15) is 23.1 Å². The normalized spacial score (nSPS) is 23.0. The first-order valence-electron chi connectivity index (χ1n) is 12.0. The van der Waals surface area contributed by atoms with Crippen molar-refractivity contribution < 1.29 is 23.1 Å². The molecule has 4 atom stereocenters. The number of rotatable bonds is 9. The van der Waals surface area contributed by atoms with E-state index >= 15 is 0 Å². The van der Waals surface area contributed by atoms with Gasteiger partial charge in [0.2, 0.25) is 15.9 Å². The van der Waals surface area contributed by atoms with Crippen LogP contribution in [0.1, 0.15) is 45.1 Å². The summed E-state index contributed by atoms with van der Waals surface area (Å²) in [4.78, 5) is 30.7. The molecule has 0 saturated carbocycles. The number of carboxylic acid groups (broad SMARTS) is 1. The lowest BCUT2D eigenvalue weighted by Gasteiger charge is -2.38. The Hall–Kier alpha value is -2.86. The monoisotopic (exact) mass is 508 g/mol. The van der Waals surface area contributed by atoms with Crippen LogP contribution in [0.2, 0.25) is 0 Å². The molecular weight excluding hydrogens is 472 g/mol. The highest BCUT2D eigenvalue weighted by Crippen LogP contribution is 2.31. The number of hydrogen-bond acceptors (Lipinski definition) is 6. The van der Waals surface area contributed by atoms with Gasteiger partial charge in [-0.15, -0.1) is 0 Å². The van der Waals surface area contributed by atoms with Gasteiger partial charge in [-0.25, -0.2) is 13.2 Å². The molecule has 0 bridgehead atoms. The molecule has 0 spiro atoms. The van der Waals surface area contributed by atoms with Crippen LogP contribution in [0.5, 0.6) is 0 Å². The predicted molar refractivity (Wildman–Crippen MR) is 133 cm³/mol. The molecule has 7 N–H and O–H groups in total. The van der Waals surface area contributed by atoms with Gasteiger partial charge in [0.15, 0.2) is 5.96 Å². The number of likely N-dealkylation sites (tertiary alicyclic amines) is 1.